The van der Waals surface area contributed by atoms with E-state index in [1.54, 1.807) is 17.4 Å². The molecular formula is C17H22N6S. The molecule has 24 heavy (non-hydrogen) atoms. The van der Waals surface area contributed by atoms with Crippen molar-refractivity contribution in [3.05, 3.63) is 40.8 Å². The van der Waals surface area contributed by atoms with Gasteiger partial charge in [-0.3, -0.25) is 4.90 Å². The molecule has 3 aromatic rings. The van der Waals surface area contributed by atoms with Gasteiger partial charge in [0.05, 0.1) is 11.4 Å². The van der Waals surface area contributed by atoms with Crippen LogP contribution in [0.25, 0.3) is 11.0 Å². The van der Waals surface area contributed by atoms with Crippen molar-refractivity contribution in [2.45, 2.75) is 19.9 Å². The van der Waals surface area contributed by atoms with Gasteiger partial charge in [0.15, 0.2) is 5.65 Å². The molecule has 3 aromatic heterocycles. The Morgan fingerprint density at radius 1 is 1.21 bits per heavy atom. The summed E-state index contributed by atoms with van der Waals surface area (Å²) >= 11 is 1.73. The molecule has 7 heteroatoms. The maximum atomic E-state index is 5.74. The molecule has 0 aliphatic heterocycles. The van der Waals surface area contributed by atoms with Crippen LogP contribution in [0.3, 0.4) is 0 Å². The lowest BCUT2D eigenvalue weighted by molar-refractivity contribution is 0.228. The summed E-state index contributed by atoms with van der Waals surface area (Å²) in [6, 6.07) is 6.18. The largest absolute Gasteiger partial charge is 0.384 e. The molecule has 3 N–H and O–H groups in total. The van der Waals surface area contributed by atoms with E-state index < -0.39 is 0 Å². The van der Waals surface area contributed by atoms with E-state index in [2.05, 4.69) is 55.8 Å². The molecule has 0 fully saturated rings. The molecular weight excluding hydrogens is 320 g/mol. The summed E-state index contributed by atoms with van der Waals surface area (Å²) in [6.07, 6.45) is 1.52. The molecule has 3 rings (SSSR count). The molecule has 1 unspecified atom stereocenters. The van der Waals surface area contributed by atoms with Gasteiger partial charge in [0.2, 0.25) is 0 Å². The van der Waals surface area contributed by atoms with Gasteiger partial charge in [-0.15, -0.1) is 0 Å². The van der Waals surface area contributed by atoms with Crippen molar-refractivity contribution in [2.24, 2.45) is 0 Å². The van der Waals surface area contributed by atoms with Crippen LogP contribution in [0.1, 0.15) is 25.5 Å². The summed E-state index contributed by atoms with van der Waals surface area (Å²) in [4.78, 5) is 15.3. The zero-order chi connectivity index (χ0) is 16.9. The lowest BCUT2D eigenvalue weighted by Gasteiger charge is -2.29. The van der Waals surface area contributed by atoms with Crippen LogP contribution in [0.15, 0.2) is 35.3 Å². The molecule has 0 amide bonds. The number of rotatable bonds is 7. The monoisotopic (exact) mass is 342 g/mol. The number of anilines is 2. The Balaban J connectivity index is 1.85. The molecule has 0 saturated carbocycles. The molecule has 0 aliphatic rings. The Morgan fingerprint density at radius 3 is 2.75 bits per heavy atom. The lowest BCUT2D eigenvalue weighted by atomic mass is 10.1. The van der Waals surface area contributed by atoms with Crippen molar-refractivity contribution in [1.82, 2.24) is 19.9 Å². The topological polar surface area (TPSA) is 80.0 Å². The van der Waals surface area contributed by atoms with Crippen LogP contribution in [-0.2, 0) is 0 Å². The highest BCUT2D eigenvalue weighted by molar-refractivity contribution is 7.07. The Kier molecular flexibility index (Phi) is 5.22. The van der Waals surface area contributed by atoms with Crippen molar-refractivity contribution in [1.29, 1.82) is 0 Å². The van der Waals surface area contributed by atoms with Crippen LogP contribution in [0.4, 0.5) is 11.6 Å². The Morgan fingerprint density at radius 2 is 2.04 bits per heavy atom. The third-order valence-corrected chi connectivity index (χ3v) is 4.86. The summed E-state index contributed by atoms with van der Waals surface area (Å²) in [7, 11) is 0. The normalized spacial score (nSPS) is 12.6. The molecule has 0 radical (unpaired) electrons. The number of hydrogen-bond donors (Lipinski definition) is 2. The van der Waals surface area contributed by atoms with E-state index in [4.69, 9.17) is 5.73 Å². The van der Waals surface area contributed by atoms with Crippen molar-refractivity contribution in [3.63, 3.8) is 0 Å². The molecule has 3 heterocycles. The highest BCUT2D eigenvalue weighted by Crippen LogP contribution is 2.25. The van der Waals surface area contributed by atoms with Crippen LogP contribution in [0, 0.1) is 0 Å². The third-order valence-electron chi connectivity index (χ3n) is 4.16. The third kappa shape index (κ3) is 3.47. The van der Waals surface area contributed by atoms with E-state index in [1.807, 2.05) is 6.07 Å². The summed E-state index contributed by atoms with van der Waals surface area (Å²) in [6.45, 7) is 7.16. The number of nitrogens with one attached hydrogen (secondary N) is 1. The average molecular weight is 342 g/mol. The lowest BCUT2D eigenvalue weighted by Crippen LogP contribution is -2.33. The molecule has 0 saturated heterocycles. The fourth-order valence-electron chi connectivity index (χ4n) is 2.88. The number of aromatic nitrogens is 3. The Bertz CT molecular complexity index is 785. The summed E-state index contributed by atoms with van der Waals surface area (Å²) < 4.78 is 0. The van der Waals surface area contributed by atoms with Crippen LogP contribution >= 0.6 is 11.3 Å². The molecule has 126 valence electrons. The number of pyridine rings is 1. The van der Waals surface area contributed by atoms with Gasteiger partial charge in [0.1, 0.15) is 18.0 Å². The van der Waals surface area contributed by atoms with Gasteiger partial charge in [-0.05, 0) is 47.6 Å². The molecule has 0 spiro atoms. The molecule has 0 bridgehead atoms. The number of thiophene rings is 1. The van der Waals surface area contributed by atoms with Gasteiger partial charge in [0.25, 0.3) is 0 Å². The molecule has 0 aromatic carbocycles. The standard InChI is InChI=1S/C17H22N6S/c1-3-23(4-2)14(12-7-8-24-10-12)9-19-16-13-5-6-15(18)22-17(13)21-11-20-16/h5-8,10-11,14H,3-4,9H2,1-2H3,(H3,18,19,20,21,22). The van der Waals surface area contributed by atoms with Gasteiger partial charge in [0, 0.05) is 6.54 Å². The smallest absolute Gasteiger partial charge is 0.166 e. The van der Waals surface area contributed by atoms with Gasteiger partial charge in [-0.1, -0.05) is 13.8 Å². The minimum atomic E-state index is 0.304. The van der Waals surface area contributed by atoms with E-state index in [9.17, 15) is 0 Å². The number of nitrogens with two attached hydrogens (primary N) is 1. The number of nitrogen functional groups attached to an aromatic ring is 1. The number of fused-ring (bicyclic) bond motifs is 1. The van der Waals surface area contributed by atoms with Gasteiger partial charge < -0.3 is 11.1 Å². The minimum Gasteiger partial charge on any atom is -0.384 e. The van der Waals surface area contributed by atoms with Crippen molar-refractivity contribution >= 4 is 34.0 Å². The minimum absolute atomic E-state index is 0.304. The second kappa shape index (κ2) is 7.55. The maximum absolute atomic E-state index is 5.74. The number of hydrogen-bond acceptors (Lipinski definition) is 7. The van der Waals surface area contributed by atoms with Gasteiger partial charge in [-0.2, -0.15) is 11.3 Å². The molecule has 6 nitrogen and oxygen atoms in total. The quantitative estimate of drug-likeness (QED) is 0.686. The zero-order valence-electron chi connectivity index (χ0n) is 13.9. The van der Waals surface area contributed by atoms with Crippen LogP contribution in [0.2, 0.25) is 0 Å². The van der Waals surface area contributed by atoms with E-state index in [0.717, 1.165) is 30.8 Å². The number of nitrogens with zero attached hydrogens (tertiary/aromatic N) is 4. The first-order valence-corrected chi connectivity index (χ1v) is 9.04. The van der Waals surface area contributed by atoms with Gasteiger partial charge >= 0.3 is 0 Å². The highest BCUT2D eigenvalue weighted by Gasteiger charge is 2.19. The zero-order valence-corrected chi connectivity index (χ0v) is 14.8. The SMILES string of the molecule is CCN(CC)C(CNc1ncnc2nc(N)ccc12)c1ccsc1. The summed E-state index contributed by atoms with van der Waals surface area (Å²) in [5.41, 5.74) is 7.68. The van der Waals surface area contributed by atoms with E-state index >= 15 is 0 Å². The second-order valence-electron chi connectivity index (χ2n) is 5.50. The second-order valence-corrected chi connectivity index (χ2v) is 6.28. The van der Waals surface area contributed by atoms with Crippen molar-refractivity contribution < 1.29 is 0 Å². The fourth-order valence-corrected chi connectivity index (χ4v) is 3.59. The summed E-state index contributed by atoms with van der Waals surface area (Å²) in [5.74, 6) is 1.26. The average Bonchev–Trinajstić information content (AvgIpc) is 3.12. The number of likely N-dealkylation sites (N-methyl/N-ethyl adjacent to an activating group) is 1. The highest BCUT2D eigenvalue weighted by atomic mass is 32.1. The maximum Gasteiger partial charge on any atom is 0.166 e. The Labute approximate surface area is 145 Å². The van der Waals surface area contributed by atoms with E-state index in [1.165, 1.54) is 11.9 Å². The predicted octanol–water partition coefficient (Wildman–Crippen LogP) is 3.16. The fraction of sp³-hybridized carbons (Fsp3) is 0.353. The first-order chi connectivity index (χ1) is 11.7. The van der Waals surface area contributed by atoms with Crippen LogP contribution < -0.4 is 11.1 Å². The molecule has 1 atom stereocenters. The van der Waals surface area contributed by atoms with Gasteiger partial charge in [-0.25, -0.2) is 15.0 Å². The van der Waals surface area contributed by atoms with Crippen molar-refractivity contribution in [2.75, 3.05) is 30.7 Å². The summed E-state index contributed by atoms with van der Waals surface area (Å²) in [5, 5.41) is 8.70. The van der Waals surface area contributed by atoms with E-state index in [-0.39, 0.29) is 0 Å². The predicted molar refractivity (Wildman–Crippen MR) is 100 cm³/mol. The van der Waals surface area contributed by atoms with Crippen LogP contribution in [0.5, 0.6) is 0 Å². The van der Waals surface area contributed by atoms with Crippen LogP contribution in [-0.4, -0.2) is 39.5 Å². The molecule has 0 aliphatic carbocycles. The first kappa shape index (κ1) is 16.6. The Hall–Kier alpha value is -2.25. The van der Waals surface area contributed by atoms with Crippen molar-refractivity contribution in [3.8, 4) is 0 Å². The van der Waals surface area contributed by atoms with E-state index in [0.29, 0.717) is 17.5 Å². The first-order valence-electron chi connectivity index (χ1n) is 8.10.